The number of sulfonamides is 1. The van der Waals surface area contributed by atoms with Crippen LogP contribution in [0.2, 0.25) is 0 Å². The summed E-state index contributed by atoms with van der Waals surface area (Å²) < 4.78 is 26.7. The molecule has 21 heavy (non-hydrogen) atoms. The van der Waals surface area contributed by atoms with E-state index in [1.807, 2.05) is 42.5 Å². The predicted octanol–water partition coefficient (Wildman–Crippen LogP) is 3.61. The van der Waals surface area contributed by atoms with Crippen LogP contribution in [0.3, 0.4) is 0 Å². The van der Waals surface area contributed by atoms with E-state index in [2.05, 4.69) is 20.7 Å². The molecule has 0 atom stereocenters. The van der Waals surface area contributed by atoms with Crippen LogP contribution < -0.4 is 4.72 Å². The molecule has 0 saturated carbocycles. The van der Waals surface area contributed by atoms with Gasteiger partial charge in [0.25, 0.3) is 0 Å². The van der Waals surface area contributed by atoms with Gasteiger partial charge in [-0.05, 0) is 36.1 Å². The Morgan fingerprint density at radius 1 is 0.857 bits per heavy atom. The second kappa shape index (κ2) is 7.61. The molecule has 0 heterocycles. The number of anilines is 1. The normalized spacial score (nSPS) is 11.3. The quantitative estimate of drug-likeness (QED) is 0.759. The van der Waals surface area contributed by atoms with Crippen molar-refractivity contribution in [3.05, 3.63) is 65.7 Å². The third-order valence-corrected chi connectivity index (χ3v) is 4.80. The maximum atomic E-state index is 12.1. The SMILES string of the molecule is O=S(=O)(CCc1ccccc1)Nc1ccc(CCBr)cc1. The monoisotopic (exact) mass is 367 g/mol. The summed E-state index contributed by atoms with van der Waals surface area (Å²) in [6.07, 6.45) is 1.44. The summed E-state index contributed by atoms with van der Waals surface area (Å²) in [5.74, 6) is 0.0835. The standard InChI is InChI=1S/C16H18BrNO2S/c17-12-10-15-6-8-16(9-7-15)18-21(19,20)13-11-14-4-2-1-3-5-14/h1-9,18H,10-13H2. The van der Waals surface area contributed by atoms with E-state index in [9.17, 15) is 8.42 Å². The average Bonchev–Trinajstić information content (AvgIpc) is 2.48. The molecule has 0 spiro atoms. The van der Waals surface area contributed by atoms with E-state index in [0.717, 1.165) is 17.3 Å². The molecular formula is C16H18BrNO2S. The lowest BCUT2D eigenvalue weighted by Crippen LogP contribution is -2.18. The highest BCUT2D eigenvalue weighted by Gasteiger charge is 2.10. The van der Waals surface area contributed by atoms with Crippen molar-refractivity contribution >= 4 is 31.6 Å². The van der Waals surface area contributed by atoms with Gasteiger partial charge in [0.15, 0.2) is 0 Å². The molecule has 0 aliphatic heterocycles. The maximum Gasteiger partial charge on any atom is 0.233 e. The lowest BCUT2D eigenvalue weighted by molar-refractivity contribution is 0.600. The minimum atomic E-state index is -3.32. The average molecular weight is 368 g/mol. The van der Waals surface area contributed by atoms with Crippen molar-refractivity contribution in [3.63, 3.8) is 0 Å². The van der Waals surface area contributed by atoms with Crippen LogP contribution >= 0.6 is 15.9 Å². The fraction of sp³-hybridized carbons (Fsp3) is 0.250. The van der Waals surface area contributed by atoms with Crippen molar-refractivity contribution in [2.75, 3.05) is 15.8 Å². The van der Waals surface area contributed by atoms with E-state index in [1.165, 1.54) is 5.56 Å². The molecule has 0 saturated heterocycles. The zero-order valence-electron chi connectivity index (χ0n) is 11.6. The Morgan fingerprint density at radius 2 is 1.48 bits per heavy atom. The number of halogens is 1. The molecule has 1 N–H and O–H groups in total. The minimum absolute atomic E-state index is 0.0835. The van der Waals surface area contributed by atoms with Gasteiger partial charge in [-0.2, -0.15) is 0 Å². The van der Waals surface area contributed by atoms with Gasteiger partial charge in [0.05, 0.1) is 5.75 Å². The topological polar surface area (TPSA) is 46.2 Å². The lowest BCUT2D eigenvalue weighted by atomic mass is 10.2. The van der Waals surface area contributed by atoms with Gasteiger partial charge in [-0.1, -0.05) is 58.4 Å². The van der Waals surface area contributed by atoms with Gasteiger partial charge in [0, 0.05) is 11.0 Å². The smallest absolute Gasteiger partial charge is 0.233 e. The largest absolute Gasteiger partial charge is 0.284 e. The molecular weight excluding hydrogens is 350 g/mol. The minimum Gasteiger partial charge on any atom is -0.284 e. The molecule has 0 aliphatic rings. The van der Waals surface area contributed by atoms with Gasteiger partial charge in [-0.3, -0.25) is 4.72 Å². The molecule has 0 unspecified atom stereocenters. The molecule has 0 amide bonds. The Hall–Kier alpha value is -1.33. The molecule has 5 heteroatoms. The van der Waals surface area contributed by atoms with Crippen molar-refractivity contribution < 1.29 is 8.42 Å². The second-order valence-electron chi connectivity index (χ2n) is 4.79. The first-order valence-electron chi connectivity index (χ1n) is 6.78. The Morgan fingerprint density at radius 3 is 2.10 bits per heavy atom. The molecule has 0 bridgehead atoms. The summed E-state index contributed by atoms with van der Waals surface area (Å²) in [7, 11) is -3.32. The van der Waals surface area contributed by atoms with Crippen molar-refractivity contribution in [1.29, 1.82) is 0 Å². The summed E-state index contributed by atoms with van der Waals surface area (Å²) in [6.45, 7) is 0. The number of alkyl halides is 1. The van der Waals surface area contributed by atoms with E-state index in [4.69, 9.17) is 0 Å². The fourth-order valence-corrected chi connectivity index (χ4v) is 3.54. The Kier molecular flexibility index (Phi) is 5.82. The molecule has 3 nitrogen and oxygen atoms in total. The first kappa shape index (κ1) is 16.0. The molecule has 2 aromatic carbocycles. The first-order chi connectivity index (χ1) is 10.1. The van der Waals surface area contributed by atoms with Crippen LogP contribution in [-0.2, 0) is 22.9 Å². The van der Waals surface area contributed by atoms with E-state index in [0.29, 0.717) is 12.1 Å². The maximum absolute atomic E-state index is 12.1. The summed E-state index contributed by atoms with van der Waals surface area (Å²) in [5, 5.41) is 0.898. The third-order valence-electron chi connectivity index (χ3n) is 3.11. The second-order valence-corrected chi connectivity index (χ2v) is 7.43. The first-order valence-corrected chi connectivity index (χ1v) is 9.56. The third kappa shape index (κ3) is 5.52. The number of rotatable bonds is 7. The van der Waals surface area contributed by atoms with E-state index >= 15 is 0 Å². The molecule has 112 valence electrons. The van der Waals surface area contributed by atoms with Gasteiger partial charge >= 0.3 is 0 Å². The number of hydrogen-bond acceptors (Lipinski definition) is 2. The Bertz CT molecular complexity index is 654. The zero-order valence-corrected chi connectivity index (χ0v) is 14.0. The molecule has 0 aliphatic carbocycles. The van der Waals surface area contributed by atoms with Crippen molar-refractivity contribution in [3.8, 4) is 0 Å². The molecule has 0 fully saturated rings. The number of nitrogens with one attached hydrogen (secondary N) is 1. The Labute approximate surface area is 134 Å². The van der Waals surface area contributed by atoms with Crippen LogP contribution in [0, 0.1) is 0 Å². The number of aryl methyl sites for hydroxylation is 2. The van der Waals surface area contributed by atoms with Crippen molar-refractivity contribution in [2.45, 2.75) is 12.8 Å². The van der Waals surface area contributed by atoms with E-state index in [-0.39, 0.29) is 5.75 Å². The van der Waals surface area contributed by atoms with Crippen LogP contribution in [0.1, 0.15) is 11.1 Å². The highest BCUT2D eigenvalue weighted by molar-refractivity contribution is 9.09. The Balaban J connectivity index is 1.94. The van der Waals surface area contributed by atoms with E-state index in [1.54, 1.807) is 12.1 Å². The van der Waals surface area contributed by atoms with Crippen molar-refractivity contribution in [1.82, 2.24) is 0 Å². The molecule has 2 rings (SSSR count). The van der Waals surface area contributed by atoms with Crippen LogP contribution in [-0.4, -0.2) is 19.5 Å². The highest BCUT2D eigenvalue weighted by Crippen LogP contribution is 2.13. The van der Waals surface area contributed by atoms with E-state index < -0.39 is 10.0 Å². The van der Waals surface area contributed by atoms with Gasteiger partial charge in [0.2, 0.25) is 10.0 Å². The van der Waals surface area contributed by atoms with Gasteiger partial charge in [-0.25, -0.2) is 8.42 Å². The highest BCUT2D eigenvalue weighted by atomic mass is 79.9. The van der Waals surface area contributed by atoms with Gasteiger partial charge in [0.1, 0.15) is 0 Å². The summed E-state index contributed by atoms with van der Waals surface area (Å²) in [4.78, 5) is 0. The molecule has 0 radical (unpaired) electrons. The lowest BCUT2D eigenvalue weighted by Gasteiger charge is -2.09. The summed E-state index contributed by atoms with van der Waals surface area (Å²) >= 11 is 3.38. The fourth-order valence-electron chi connectivity index (χ4n) is 1.98. The molecule has 2 aromatic rings. The van der Waals surface area contributed by atoms with Crippen molar-refractivity contribution in [2.24, 2.45) is 0 Å². The number of benzene rings is 2. The predicted molar refractivity (Wildman–Crippen MR) is 91.5 cm³/mol. The van der Waals surface area contributed by atoms with Gasteiger partial charge < -0.3 is 0 Å². The number of hydrogen-bond donors (Lipinski definition) is 1. The summed E-state index contributed by atoms with van der Waals surface area (Å²) in [5.41, 5.74) is 2.82. The van der Waals surface area contributed by atoms with Crippen LogP contribution in [0.15, 0.2) is 54.6 Å². The van der Waals surface area contributed by atoms with Crippen LogP contribution in [0.25, 0.3) is 0 Å². The van der Waals surface area contributed by atoms with Crippen LogP contribution in [0.4, 0.5) is 5.69 Å². The molecule has 0 aromatic heterocycles. The zero-order chi connectivity index (χ0) is 15.1. The van der Waals surface area contributed by atoms with Crippen LogP contribution in [0.5, 0.6) is 0 Å². The van der Waals surface area contributed by atoms with Gasteiger partial charge in [-0.15, -0.1) is 0 Å². The summed E-state index contributed by atoms with van der Waals surface area (Å²) in [6, 6.07) is 17.1.